The van der Waals surface area contributed by atoms with Gasteiger partial charge in [0.2, 0.25) is 11.9 Å². The van der Waals surface area contributed by atoms with E-state index >= 15 is 0 Å². The van der Waals surface area contributed by atoms with Crippen LogP contribution in [0.15, 0.2) is 36.4 Å². The minimum absolute atomic E-state index is 0.0356. The maximum atomic E-state index is 13.6. The first-order valence-corrected chi connectivity index (χ1v) is 11.4. The number of urea groups is 1. The van der Waals surface area contributed by atoms with Crippen molar-refractivity contribution >= 4 is 40.3 Å². The number of anilines is 3. The smallest absolute Gasteiger partial charge is 0.326 e. The zero-order valence-corrected chi connectivity index (χ0v) is 21.3. The number of benzene rings is 2. The van der Waals surface area contributed by atoms with Gasteiger partial charge >= 0.3 is 6.03 Å². The molecule has 9 nitrogen and oxygen atoms in total. The van der Waals surface area contributed by atoms with Crippen molar-refractivity contribution in [1.29, 1.82) is 5.26 Å². The third kappa shape index (κ3) is 6.58. The Morgan fingerprint density at radius 2 is 1.83 bits per heavy atom. The summed E-state index contributed by atoms with van der Waals surface area (Å²) in [7, 11) is 1.70. The molecule has 10 heteroatoms. The second kappa shape index (κ2) is 9.95. The van der Waals surface area contributed by atoms with E-state index in [0.29, 0.717) is 23.1 Å². The fourth-order valence-corrected chi connectivity index (χ4v) is 3.64. The molecule has 0 unspecified atom stereocenters. The van der Waals surface area contributed by atoms with E-state index in [1.165, 1.54) is 12.1 Å². The summed E-state index contributed by atoms with van der Waals surface area (Å²) < 4.78 is 15.3. The summed E-state index contributed by atoms with van der Waals surface area (Å²) in [4.78, 5) is 31.5. The number of nitrogens with one attached hydrogen (secondary N) is 2. The third-order valence-electron chi connectivity index (χ3n) is 5.29. The molecule has 1 aromatic heterocycles. The number of nitriles is 1. The van der Waals surface area contributed by atoms with Crippen LogP contribution in [0.2, 0.25) is 0 Å². The number of halogens is 1. The first kappa shape index (κ1) is 26.6. The molecule has 190 valence electrons. The van der Waals surface area contributed by atoms with Gasteiger partial charge in [-0.15, -0.1) is 0 Å². The number of imidazole rings is 1. The van der Waals surface area contributed by atoms with E-state index in [-0.39, 0.29) is 35.1 Å². The van der Waals surface area contributed by atoms with Gasteiger partial charge in [0.25, 0.3) is 0 Å². The van der Waals surface area contributed by atoms with Gasteiger partial charge in [-0.05, 0) is 55.7 Å². The number of aromatic nitrogens is 2. The number of carbonyl (C=O) groups is 2. The number of hydrogen-bond donors (Lipinski definition) is 3. The van der Waals surface area contributed by atoms with E-state index in [1.807, 2.05) is 20.8 Å². The van der Waals surface area contributed by atoms with E-state index in [2.05, 4.69) is 15.6 Å². The fraction of sp³-hybridized carbons (Fsp3) is 0.385. The molecule has 0 saturated carbocycles. The van der Waals surface area contributed by atoms with Crippen LogP contribution in [0.3, 0.4) is 0 Å². The maximum Gasteiger partial charge on any atom is 0.326 e. The van der Waals surface area contributed by atoms with E-state index in [4.69, 9.17) is 5.26 Å². The molecule has 0 aliphatic heterocycles. The molecule has 0 aliphatic rings. The molecule has 0 atom stereocenters. The minimum atomic E-state index is -1.11. The lowest BCUT2D eigenvalue weighted by molar-refractivity contribution is -0.120. The Balaban J connectivity index is 1.92. The van der Waals surface area contributed by atoms with Crippen molar-refractivity contribution < 1.29 is 19.1 Å². The van der Waals surface area contributed by atoms with Gasteiger partial charge in [-0.3, -0.25) is 10.1 Å². The number of hydrogen-bond acceptors (Lipinski definition) is 5. The van der Waals surface area contributed by atoms with Gasteiger partial charge in [0, 0.05) is 24.8 Å². The van der Waals surface area contributed by atoms with Crippen molar-refractivity contribution in [2.45, 2.75) is 53.2 Å². The van der Waals surface area contributed by atoms with Gasteiger partial charge in [0.15, 0.2) is 0 Å². The summed E-state index contributed by atoms with van der Waals surface area (Å²) in [5.74, 6) is -0.545. The van der Waals surface area contributed by atoms with E-state index in [0.717, 1.165) is 6.07 Å². The summed E-state index contributed by atoms with van der Waals surface area (Å²) >= 11 is 0. The lowest BCUT2D eigenvalue weighted by Gasteiger charge is -2.23. The number of rotatable bonds is 6. The standard InChI is InChI=1S/C26H31FN6O3/c1-25(2,3)13-22(34)32(6)18-8-10-21-20(12-18)30-23(33(21)15-26(4,5)36)31-24(35)29-17-7-9-19(27)16(11-17)14-28/h7-12,36H,13,15H2,1-6H3,(H2,29,30,31,35). The third-order valence-corrected chi connectivity index (χ3v) is 5.29. The summed E-state index contributed by atoms with van der Waals surface area (Å²) in [5.41, 5.74) is 0.592. The molecule has 36 heavy (non-hydrogen) atoms. The van der Waals surface area contributed by atoms with Crippen molar-refractivity contribution in [3.8, 4) is 6.07 Å². The summed E-state index contributed by atoms with van der Waals surface area (Å²) in [6.07, 6.45) is 0.374. The molecule has 0 aliphatic carbocycles. The first-order valence-electron chi connectivity index (χ1n) is 11.4. The molecule has 1 heterocycles. The molecule has 0 fully saturated rings. The monoisotopic (exact) mass is 494 g/mol. The van der Waals surface area contributed by atoms with Crippen molar-refractivity contribution in [3.05, 3.63) is 47.8 Å². The molecule has 3 amide bonds. The molecule has 3 aromatic rings. The zero-order chi connectivity index (χ0) is 26.8. The highest BCUT2D eigenvalue weighted by atomic mass is 19.1. The van der Waals surface area contributed by atoms with E-state index in [9.17, 15) is 19.1 Å². The average molecular weight is 495 g/mol. The number of carbonyl (C=O) groups excluding carboxylic acids is 2. The average Bonchev–Trinajstić information content (AvgIpc) is 3.07. The molecule has 0 spiro atoms. The maximum absolute atomic E-state index is 13.6. The van der Waals surface area contributed by atoms with Crippen LogP contribution < -0.4 is 15.5 Å². The normalized spacial score (nSPS) is 11.8. The van der Waals surface area contributed by atoms with Crippen molar-refractivity contribution in [2.75, 3.05) is 22.6 Å². The van der Waals surface area contributed by atoms with Crippen molar-refractivity contribution in [3.63, 3.8) is 0 Å². The lowest BCUT2D eigenvalue weighted by Crippen LogP contribution is -2.29. The predicted molar refractivity (Wildman–Crippen MR) is 137 cm³/mol. The van der Waals surface area contributed by atoms with Crippen LogP contribution in [0.25, 0.3) is 11.0 Å². The second-order valence-corrected chi connectivity index (χ2v) is 10.6. The predicted octanol–water partition coefficient (Wildman–Crippen LogP) is 4.86. The molecule has 0 bridgehead atoms. The van der Waals surface area contributed by atoms with Crippen molar-refractivity contribution in [2.24, 2.45) is 5.41 Å². The number of nitrogens with zero attached hydrogens (tertiary/aromatic N) is 4. The van der Waals surface area contributed by atoms with Crippen LogP contribution >= 0.6 is 0 Å². The summed E-state index contributed by atoms with van der Waals surface area (Å²) in [5, 5.41) is 24.7. The highest BCUT2D eigenvalue weighted by Gasteiger charge is 2.23. The van der Waals surface area contributed by atoms with Crippen LogP contribution in [0.5, 0.6) is 0 Å². The highest BCUT2D eigenvalue weighted by molar-refractivity contribution is 6.00. The van der Waals surface area contributed by atoms with Gasteiger partial charge in [0.05, 0.1) is 28.7 Å². The number of amides is 3. The van der Waals surface area contributed by atoms with E-state index in [1.54, 1.807) is 54.6 Å². The number of aliphatic hydroxyl groups is 1. The Morgan fingerprint density at radius 1 is 1.14 bits per heavy atom. The van der Waals surface area contributed by atoms with E-state index < -0.39 is 17.4 Å². The van der Waals surface area contributed by atoms with Crippen LogP contribution in [-0.2, 0) is 11.3 Å². The molecule has 3 rings (SSSR count). The SMILES string of the molecule is CN(C(=O)CC(C)(C)C)c1ccc2c(c1)nc(NC(=O)Nc1ccc(F)c(C#N)c1)n2CC(C)(C)O. The molecular weight excluding hydrogens is 463 g/mol. The molecular formula is C26H31FN6O3. The summed E-state index contributed by atoms with van der Waals surface area (Å²) in [6, 6.07) is 10.1. The highest BCUT2D eigenvalue weighted by Crippen LogP contribution is 2.28. The van der Waals surface area contributed by atoms with Crippen LogP contribution in [0, 0.1) is 22.6 Å². The van der Waals surface area contributed by atoms with Gasteiger partial charge < -0.3 is 19.9 Å². The molecule has 3 N–H and O–H groups in total. The Kier molecular flexibility index (Phi) is 7.36. The lowest BCUT2D eigenvalue weighted by atomic mass is 9.91. The van der Waals surface area contributed by atoms with Gasteiger partial charge in [-0.1, -0.05) is 20.8 Å². The molecule has 0 saturated heterocycles. The Bertz CT molecular complexity index is 1340. The molecule has 0 radical (unpaired) electrons. The van der Waals surface area contributed by atoms with Crippen LogP contribution in [0.4, 0.5) is 26.5 Å². The second-order valence-electron chi connectivity index (χ2n) is 10.6. The fourth-order valence-electron chi connectivity index (χ4n) is 3.64. The van der Waals surface area contributed by atoms with Gasteiger partial charge in [0.1, 0.15) is 11.9 Å². The Morgan fingerprint density at radius 3 is 2.44 bits per heavy atom. The topological polar surface area (TPSA) is 123 Å². The largest absolute Gasteiger partial charge is 0.389 e. The quantitative estimate of drug-likeness (QED) is 0.452. The minimum Gasteiger partial charge on any atom is -0.389 e. The van der Waals surface area contributed by atoms with Gasteiger partial charge in [-0.2, -0.15) is 5.26 Å². The van der Waals surface area contributed by atoms with Gasteiger partial charge in [-0.25, -0.2) is 14.2 Å². The summed E-state index contributed by atoms with van der Waals surface area (Å²) in [6.45, 7) is 9.39. The first-order chi connectivity index (χ1) is 16.7. The Hall–Kier alpha value is -3.97. The van der Waals surface area contributed by atoms with Crippen molar-refractivity contribution in [1.82, 2.24) is 9.55 Å². The van der Waals surface area contributed by atoms with Crippen LogP contribution in [-0.4, -0.2) is 39.2 Å². The van der Waals surface area contributed by atoms with Crippen LogP contribution in [0.1, 0.15) is 46.6 Å². The zero-order valence-electron chi connectivity index (χ0n) is 21.3. The number of fused-ring (bicyclic) bond motifs is 1. The molecule has 2 aromatic carbocycles. The Labute approximate surface area is 209 Å².